The van der Waals surface area contributed by atoms with Gasteiger partial charge in [-0.15, -0.1) is 0 Å². The smallest absolute Gasteiger partial charge is 0.0468 e. The molecule has 0 aliphatic carbocycles. The maximum Gasteiger partial charge on any atom is 0.0468 e. The number of hydrogen-bond acceptors (Lipinski definition) is 1. The van der Waals surface area contributed by atoms with E-state index >= 15 is 0 Å². The van der Waals surface area contributed by atoms with Crippen LogP contribution in [-0.4, -0.2) is 0 Å². The lowest BCUT2D eigenvalue weighted by Gasteiger charge is -2.27. The number of rotatable bonds is 6. The molecule has 0 atom stereocenters. The third-order valence-electron chi connectivity index (χ3n) is 11.5. The largest absolute Gasteiger partial charge is 0.310 e. The van der Waals surface area contributed by atoms with Gasteiger partial charge in [-0.25, -0.2) is 0 Å². The Morgan fingerprint density at radius 3 is 1.18 bits per heavy atom. The molecule has 11 aromatic carbocycles. The van der Waals surface area contributed by atoms with E-state index in [4.69, 9.17) is 0 Å². The van der Waals surface area contributed by atoms with Crippen molar-refractivity contribution in [2.45, 2.75) is 0 Å². The second-order valence-electron chi connectivity index (χ2n) is 15.0. The van der Waals surface area contributed by atoms with E-state index in [1.807, 2.05) is 0 Å². The van der Waals surface area contributed by atoms with E-state index in [0.717, 1.165) is 17.1 Å². The van der Waals surface area contributed by atoms with Crippen LogP contribution >= 0.6 is 0 Å². The molecular weight excluding hydrogens is 687 g/mol. The summed E-state index contributed by atoms with van der Waals surface area (Å²) < 4.78 is 0. The molecule has 1 heteroatoms. The predicted molar refractivity (Wildman–Crippen MR) is 245 cm³/mol. The fraction of sp³-hybridized carbons (Fsp3) is 0. The SMILES string of the molecule is c1ccc(-c2cc3ccccc3cc2-c2ccc3c(c2)c(-c2ccccc2)cc2cc(N(c4ccc5ccccc5c4)c4ccc5ccccc5c4)ccc23)cc1. The van der Waals surface area contributed by atoms with E-state index in [1.54, 1.807) is 0 Å². The highest BCUT2D eigenvalue weighted by Gasteiger charge is 2.18. The molecule has 0 N–H and O–H groups in total. The Kier molecular flexibility index (Phi) is 7.89. The third kappa shape index (κ3) is 5.89. The molecule has 0 aliphatic heterocycles. The molecule has 0 heterocycles. The minimum atomic E-state index is 1.12. The van der Waals surface area contributed by atoms with Gasteiger partial charge in [0.15, 0.2) is 0 Å². The minimum absolute atomic E-state index is 1.12. The van der Waals surface area contributed by atoms with Crippen LogP contribution in [0.25, 0.3) is 87.2 Å². The lowest BCUT2D eigenvalue weighted by atomic mass is 9.88. The molecule has 0 spiro atoms. The maximum atomic E-state index is 2.41. The lowest BCUT2D eigenvalue weighted by molar-refractivity contribution is 1.30. The van der Waals surface area contributed by atoms with Crippen LogP contribution < -0.4 is 4.90 Å². The molecule has 11 rings (SSSR count). The van der Waals surface area contributed by atoms with Crippen LogP contribution in [0.4, 0.5) is 17.1 Å². The van der Waals surface area contributed by atoms with Gasteiger partial charge in [0.1, 0.15) is 0 Å². The van der Waals surface area contributed by atoms with Gasteiger partial charge in [-0.05, 0) is 148 Å². The summed E-state index contributed by atoms with van der Waals surface area (Å²) in [7, 11) is 0. The summed E-state index contributed by atoms with van der Waals surface area (Å²) in [5.74, 6) is 0. The zero-order valence-corrected chi connectivity index (χ0v) is 31.3. The molecular formula is C56H37N. The summed E-state index contributed by atoms with van der Waals surface area (Å²) in [6, 6.07) is 82.3. The average molecular weight is 724 g/mol. The first-order chi connectivity index (χ1) is 28.2. The molecule has 0 aromatic heterocycles. The van der Waals surface area contributed by atoms with Gasteiger partial charge in [0.2, 0.25) is 0 Å². The predicted octanol–water partition coefficient (Wildman–Crippen LogP) is 15.9. The fourth-order valence-corrected chi connectivity index (χ4v) is 8.73. The van der Waals surface area contributed by atoms with Gasteiger partial charge in [0.05, 0.1) is 0 Å². The zero-order chi connectivity index (χ0) is 37.7. The van der Waals surface area contributed by atoms with Crippen LogP contribution in [-0.2, 0) is 0 Å². The molecule has 0 unspecified atom stereocenters. The Hall–Kier alpha value is -7.48. The van der Waals surface area contributed by atoms with E-state index in [2.05, 4.69) is 229 Å². The minimum Gasteiger partial charge on any atom is -0.310 e. The zero-order valence-electron chi connectivity index (χ0n) is 31.3. The molecule has 0 saturated heterocycles. The number of benzene rings is 11. The van der Waals surface area contributed by atoms with E-state index in [9.17, 15) is 0 Å². The van der Waals surface area contributed by atoms with Crippen molar-refractivity contribution < 1.29 is 0 Å². The molecule has 0 fully saturated rings. The molecule has 0 bridgehead atoms. The Morgan fingerprint density at radius 2 is 0.614 bits per heavy atom. The van der Waals surface area contributed by atoms with Gasteiger partial charge in [0.25, 0.3) is 0 Å². The maximum absolute atomic E-state index is 2.41. The molecule has 1 nitrogen and oxygen atoms in total. The van der Waals surface area contributed by atoms with Gasteiger partial charge >= 0.3 is 0 Å². The first kappa shape index (κ1) is 32.9. The van der Waals surface area contributed by atoms with Crippen molar-refractivity contribution in [3.63, 3.8) is 0 Å². The van der Waals surface area contributed by atoms with Gasteiger partial charge in [-0.1, -0.05) is 164 Å². The Bertz CT molecular complexity index is 3210. The van der Waals surface area contributed by atoms with Gasteiger partial charge < -0.3 is 4.90 Å². The Balaban J connectivity index is 1.13. The first-order valence-corrected chi connectivity index (χ1v) is 19.7. The van der Waals surface area contributed by atoms with Crippen molar-refractivity contribution in [2.24, 2.45) is 0 Å². The molecule has 11 aromatic rings. The number of nitrogens with zero attached hydrogens (tertiary/aromatic N) is 1. The van der Waals surface area contributed by atoms with E-state index in [0.29, 0.717) is 0 Å². The first-order valence-electron chi connectivity index (χ1n) is 19.7. The molecule has 57 heavy (non-hydrogen) atoms. The third-order valence-corrected chi connectivity index (χ3v) is 11.5. The normalized spacial score (nSPS) is 11.5. The van der Waals surface area contributed by atoms with E-state index in [1.165, 1.54) is 87.2 Å². The summed E-state index contributed by atoms with van der Waals surface area (Å²) in [6.45, 7) is 0. The van der Waals surface area contributed by atoms with Gasteiger partial charge in [0, 0.05) is 17.1 Å². The van der Waals surface area contributed by atoms with Crippen molar-refractivity contribution in [3.05, 3.63) is 224 Å². The van der Waals surface area contributed by atoms with Crippen LogP contribution in [0.1, 0.15) is 0 Å². The second kappa shape index (κ2) is 13.7. The van der Waals surface area contributed by atoms with Gasteiger partial charge in [-0.3, -0.25) is 0 Å². The Labute approximate surface area is 332 Å². The summed E-state index contributed by atoms with van der Waals surface area (Å²) in [5.41, 5.74) is 10.7. The summed E-state index contributed by atoms with van der Waals surface area (Å²) in [4.78, 5) is 2.40. The van der Waals surface area contributed by atoms with Crippen LogP contribution in [0.15, 0.2) is 224 Å². The number of fused-ring (bicyclic) bond motifs is 6. The van der Waals surface area contributed by atoms with Crippen molar-refractivity contribution in [1.29, 1.82) is 0 Å². The van der Waals surface area contributed by atoms with Crippen molar-refractivity contribution in [3.8, 4) is 33.4 Å². The molecule has 0 radical (unpaired) electrons. The van der Waals surface area contributed by atoms with Crippen molar-refractivity contribution >= 4 is 70.9 Å². The molecule has 0 amide bonds. The standard InChI is InChI=1S/C56H37N/c1-3-15-40(16-4-1)53-34-44-21-11-12-22-45(44)35-55(53)46-25-29-52-51-30-28-50(33-47(51)37-54(56(52)36-46)41-17-5-2-6-18-41)57(48-26-23-38-13-7-9-19-42(38)31-48)49-27-24-39-14-8-10-20-43(39)32-49/h1-37H. The highest BCUT2D eigenvalue weighted by Crippen LogP contribution is 2.44. The number of hydrogen-bond donors (Lipinski definition) is 0. The quantitative estimate of drug-likeness (QED) is 0.154. The Morgan fingerprint density at radius 1 is 0.211 bits per heavy atom. The lowest BCUT2D eigenvalue weighted by Crippen LogP contribution is -2.10. The summed E-state index contributed by atoms with van der Waals surface area (Å²) >= 11 is 0. The van der Waals surface area contributed by atoms with Crippen LogP contribution in [0.3, 0.4) is 0 Å². The fourth-order valence-electron chi connectivity index (χ4n) is 8.73. The summed E-state index contributed by atoms with van der Waals surface area (Å²) in [5, 5.41) is 12.3. The highest BCUT2D eigenvalue weighted by molar-refractivity contribution is 6.16. The highest BCUT2D eigenvalue weighted by atomic mass is 15.1. The molecule has 0 aliphatic rings. The second-order valence-corrected chi connectivity index (χ2v) is 15.0. The molecule has 266 valence electrons. The monoisotopic (exact) mass is 723 g/mol. The average Bonchev–Trinajstić information content (AvgIpc) is 3.28. The molecule has 0 saturated carbocycles. The van der Waals surface area contributed by atoms with E-state index < -0.39 is 0 Å². The summed E-state index contributed by atoms with van der Waals surface area (Å²) in [6.07, 6.45) is 0. The van der Waals surface area contributed by atoms with Crippen LogP contribution in [0.5, 0.6) is 0 Å². The van der Waals surface area contributed by atoms with Crippen LogP contribution in [0, 0.1) is 0 Å². The topological polar surface area (TPSA) is 3.24 Å². The van der Waals surface area contributed by atoms with Gasteiger partial charge in [-0.2, -0.15) is 0 Å². The van der Waals surface area contributed by atoms with E-state index in [-0.39, 0.29) is 0 Å². The van der Waals surface area contributed by atoms with Crippen molar-refractivity contribution in [1.82, 2.24) is 0 Å². The van der Waals surface area contributed by atoms with Crippen molar-refractivity contribution in [2.75, 3.05) is 4.90 Å². The van der Waals surface area contributed by atoms with Crippen LogP contribution in [0.2, 0.25) is 0 Å². The number of anilines is 3.